The Bertz CT molecular complexity index is 1090. The van der Waals surface area contributed by atoms with Crippen molar-refractivity contribution in [2.75, 3.05) is 6.26 Å². The van der Waals surface area contributed by atoms with Gasteiger partial charge in [0.25, 0.3) is 5.56 Å². The average molecular weight is 373 g/mol. The van der Waals surface area contributed by atoms with Crippen LogP contribution in [0.1, 0.15) is 5.56 Å². The van der Waals surface area contributed by atoms with Crippen LogP contribution in [0.4, 0.5) is 4.39 Å². The molecule has 0 spiro atoms. The van der Waals surface area contributed by atoms with E-state index in [1.807, 2.05) is 30.3 Å². The molecule has 0 atom stereocenters. The normalized spacial score (nSPS) is 11.3. The Morgan fingerprint density at radius 1 is 1.04 bits per heavy atom. The summed E-state index contributed by atoms with van der Waals surface area (Å²) in [4.78, 5) is 12.1. The number of pyridine rings is 1. The standard InChI is InChI=1S/C19H16FNO4S/c1-26(23,24)16-7-8-18(17(20)12-16)21-10-9-15(11-19(21)22)25-13-14-5-3-2-4-6-14/h2-12H,13H2,1H3. The smallest absolute Gasteiger partial charge is 0.258 e. The fourth-order valence-electron chi connectivity index (χ4n) is 2.40. The predicted molar refractivity (Wildman–Crippen MR) is 95.9 cm³/mol. The van der Waals surface area contributed by atoms with Gasteiger partial charge >= 0.3 is 0 Å². The molecule has 5 nitrogen and oxygen atoms in total. The molecule has 0 aliphatic rings. The second kappa shape index (κ2) is 7.13. The summed E-state index contributed by atoms with van der Waals surface area (Å²) in [7, 11) is -3.52. The molecule has 134 valence electrons. The molecule has 0 aliphatic heterocycles. The lowest BCUT2D eigenvalue weighted by molar-refractivity contribution is 0.305. The first-order valence-electron chi connectivity index (χ1n) is 7.74. The van der Waals surface area contributed by atoms with Crippen LogP contribution in [0, 0.1) is 5.82 Å². The highest BCUT2D eigenvalue weighted by atomic mass is 32.2. The number of ether oxygens (including phenoxy) is 1. The molecule has 3 rings (SSSR count). The molecule has 0 aliphatic carbocycles. The van der Waals surface area contributed by atoms with E-state index in [9.17, 15) is 17.6 Å². The third kappa shape index (κ3) is 4.00. The third-order valence-corrected chi connectivity index (χ3v) is 4.86. The molecular formula is C19H16FNO4S. The summed E-state index contributed by atoms with van der Waals surface area (Å²) in [5.74, 6) is -0.434. The summed E-state index contributed by atoms with van der Waals surface area (Å²) in [5.41, 5.74) is 0.442. The SMILES string of the molecule is CS(=O)(=O)c1ccc(-n2ccc(OCc3ccccc3)cc2=O)c(F)c1. The van der Waals surface area contributed by atoms with Crippen molar-refractivity contribution in [3.05, 3.63) is 88.6 Å². The molecular weight excluding hydrogens is 357 g/mol. The van der Waals surface area contributed by atoms with Crippen LogP contribution in [0.15, 0.2) is 76.6 Å². The average Bonchev–Trinajstić information content (AvgIpc) is 2.60. The van der Waals surface area contributed by atoms with Gasteiger partial charge in [-0.1, -0.05) is 30.3 Å². The molecule has 0 radical (unpaired) electrons. The molecule has 1 heterocycles. The topological polar surface area (TPSA) is 65.4 Å². The number of rotatable bonds is 5. The predicted octanol–water partition coefficient (Wildman–Crippen LogP) is 2.96. The van der Waals surface area contributed by atoms with Crippen molar-refractivity contribution in [2.45, 2.75) is 11.5 Å². The molecule has 26 heavy (non-hydrogen) atoms. The number of aromatic nitrogens is 1. The van der Waals surface area contributed by atoms with Crippen LogP contribution in [0.25, 0.3) is 5.69 Å². The Balaban J connectivity index is 1.85. The lowest BCUT2D eigenvalue weighted by Crippen LogP contribution is -2.18. The number of nitrogens with zero attached hydrogens (tertiary/aromatic N) is 1. The van der Waals surface area contributed by atoms with Crippen LogP contribution in [-0.2, 0) is 16.4 Å². The summed E-state index contributed by atoms with van der Waals surface area (Å²) in [6.07, 6.45) is 2.38. The summed E-state index contributed by atoms with van der Waals surface area (Å²) in [5, 5.41) is 0. The maximum Gasteiger partial charge on any atom is 0.258 e. The maximum atomic E-state index is 14.3. The van der Waals surface area contributed by atoms with Gasteiger partial charge in [-0.2, -0.15) is 0 Å². The quantitative estimate of drug-likeness (QED) is 0.690. The molecule has 1 aromatic heterocycles. The molecule has 0 amide bonds. The van der Waals surface area contributed by atoms with Crippen molar-refractivity contribution in [3.8, 4) is 11.4 Å². The highest BCUT2D eigenvalue weighted by Crippen LogP contribution is 2.18. The second-order valence-electron chi connectivity index (χ2n) is 5.73. The molecule has 3 aromatic rings. The largest absolute Gasteiger partial charge is 0.489 e. The fraction of sp³-hybridized carbons (Fsp3) is 0.105. The minimum absolute atomic E-state index is 0.0305. The van der Waals surface area contributed by atoms with Crippen LogP contribution < -0.4 is 10.3 Å². The molecule has 2 aromatic carbocycles. The van der Waals surface area contributed by atoms with Crippen LogP contribution in [-0.4, -0.2) is 19.2 Å². The molecule has 0 bridgehead atoms. The summed E-state index contributed by atoms with van der Waals surface area (Å²) < 4.78 is 43.9. The summed E-state index contributed by atoms with van der Waals surface area (Å²) in [6, 6.07) is 15.7. The van der Waals surface area contributed by atoms with E-state index in [0.29, 0.717) is 12.4 Å². The van der Waals surface area contributed by atoms with E-state index >= 15 is 0 Å². The van der Waals surface area contributed by atoms with Gasteiger partial charge in [-0.25, -0.2) is 12.8 Å². The lowest BCUT2D eigenvalue weighted by atomic mass is 10.2. The van der Waals surface area contributed by atoms with Gasteiger partial charge in [0.05, 0.1) is 10.6 Å². The van der Waals surface area contributed by atoms with Crippen LogP contribution in [0.2, 0.25) is 0 Å². The summed E-state index contributed by atoms with van der Waals surface area (Å²) in [6.45, 7) is 0.307. The Kier molecular flexibility index (Phi) is 4.90. The Morgan fingerprint density at radius 3 is 2.38 bits per heavy atom. The first kappa shape index (κ1) is 17.9. The monoisotopic (exact) mass is 373 g/mol. The maximum absolute atomic E-state index is 14.3. The van der Waals surface area contributed by atoms with E-state index in [2.05, 4.69) is 0 Å². The van der Waals surface area contributed by atoms with Crippen LogP contribution in [0.5, 0.6) is 5.75 Å². The highest BCUT2D eigenvalue weighted by Gasteiger charge is 2.13. The van der Waals surface area contributed by atoms with Gasteiger partial charge in [0, 0.05) is 18.5 Å². The Hall–Kier alpha value is -2.93. The molecule has 0 saturated heterocycles. The van der Waals surface area contributed by atoms with Crippen molar-refractivity contribution < 1.29 is 17.5 Å². The minimum Gasteiger partial charge on any atom is -0.489 e. The van der Waals surface area contributed by atoms with Gasteiger partial charge in [-0.3, -0.25) is 9.36 Å². The zero-order chi connectivity index (χ0) is 18.7. The number of halogens is 1. The van der Waals surface area contributed by atoms with Crippen molar-refractivity contribution >= 4 is 9.84 Å². The van der Waals surface area contributed by atoms with Crippen molar-refractivity contribution in [2.24, 2.45) is 0 Å². The van der Waals surface area contributed by atoms with E-state index in [1.165, 1.54) is 24.4 Å². The van der Waals surface area contributed by atoms with E-state index in [4.69, 9.17) is 4.74 Å². The third-order valence-electron chi connectivity index (χ3n) is 3.75. The van der Waals surface area contributed by atoms with E-state index in [0.717, 1.165) is 22.5 Å². The van der Waals surface area contributed by atoms with Crippen molar-refractivity contribution in [3.63, 3.8) is 0 Å². The first-order chi connectivity index (χ1) is 12.3. The number of sulfone groups is 1. The highest BCUT2D eigenvalue weighted by molar-refractivity contribution is 7.90. The van der Waals surface area contributed by atoms with Crippen molar-refractivity contribution in [1.82, 2.24) is 4.57 Å². The van der Waals surface area contributed by atoms with Gasteiger partial charge in [-0.15, -0.1) is 0 Å². The Morgan fingerprint density at radius 2 is 1.77 bits per heavy atom. The molecule has 0 N–H and O–H groups in total. The lowest BCUT2D eigenvalue weighted by Gasteiger charge is -2.10. The zero-order valence-electron chi connectivity index (χ0n) is 13.9. The van der Waals surface area contributed by atoms with E-state index in [-0.39, 0.29) is 10.6 Å². The van der Waals surface area contributed by atoms with Gasteiger partial charge in [0.2, 0.25) is 0 Å². The van der Waals surface area contributed by atoms with Gasteiger partial charge in [-0.05, 0) is 29.8 Å². The molecule has 7 heteroatoms. The zero-order valence-corrected chi connectivity index (χ0v) is 14.7. The molecule has 0 unspecified atom stereocenters. The van der Waals surface area contributed by atoms with Crippen molar-refractivity contribution in [1.29, 1.82) is 0 Å². The summed E-state index contributed by atoms with van der Waals surface area (Å²) >= 11 is 0. The second-order valence-corrected chi connectivity index (χ2v) is 7.75. The first-order valence-corrected chi connectivity index (χ1v) is 9.63. The van der Waals surface area contributed by atoms with Gasteiger partial charge < -0.3 is 4.74 Å². The van der Waals surface area contributed by atoms with Crippen LogP contribution in [0.3, 0.4) is 0 Å². The minimum atomic E-state index is -3.52. The fourth-order valence-corrected chi connectivity index (χ4v) is 3.04. The van der Waals surface area contributed by atoms with Gasteiger partial charge in [0.15, 0.2) is 9.84 Å². The number of benzene rings is 2. The van der Waals surface area contributed by atoms with Gasteiger partial charge in [0.1, 0.15) is 18.2 Å². The number of hydrogen-bond donors (Lipinski definition) is 0. The number of hydrogen-bond acceptors (Lipinski definition) is 4. The molecule has 0 saturated carbocycles. The van der Waals surface area contributed by atoms with Crippen LogP contribution >= 0.6 is 0 Å². The molecule has 0 fully saturated rings. The van der Waals surface area contributed by atoms with E-state index in [1.54, 1.807) is 6.07 Å². The van der Waals surface area contributed by atoms with E-state index < -0.39 is 21.2 Å². The Labute approximate surface area is 150 Å².